The second-order valence-corrected chi connectivity index (χ2v) is 10.9. The van der Waals surface area contributed by atoms with E-state index in [-0.39, 0.29) is 39.0 Å². The van der Waals surface area contributed by atoms with E-state index in [1.165, 1.54) is 25.7 Å². The molecule has 0 amide bonds. The third-order valence-electron chi connectivity index (χ3n) is 4.39. The Bertz CT molecular complexity index is 422. The Labute approximate surface area is 158 Å². The topological polar surface area (TPSA) is 52.5 Å². The third kappa shape index (κ3) is 9.16. The van der Waals surface area contributed by atoms with E-state index >= 15 is 0 Å². The normalized spacial score (nSPS) is 20.1. The number of hydrogen-bond acceptors (Lipinski definition) is 3. The van der Waals surface area contributed by atoms with Gasteiger partial charge in [0, 0.05) is 0 Å². The first kappa shape index (κ1) is 21.6. The van der Waals surface area contributed by atoms with E-state index in [0.29, 0.717) is 5.69 Å². The summed E-state index contributed by atoms with van der Waals surface area (Å²) in [6.07, 6.45) is 9.60. The van der Waals surface area contributed by atoms with Crippen molar-refractivity contribution in [2.45, 2.75) is 86.2 Å². The predicted molar refractivity (Wildman–Crippen MR) is 105 cm³/mol. The fraction of sp³-hybridized carbons (Fsp3) is 0.700. The molecule has 0 aromatic heterocycles. The van der Waals surface area contributed by atoms with Gasteiger partial charge < -0.3 is 15.5 Å². The first-order valence-corrected chi connectivity index (χ1v) is 13.7. The fourth-order valence-corrected chi connectivity index (χ4v) is 6.96. The number of aliphatic hydroxyl groups excluding tert-OH is 1. The van der Waals surface area contributed by atoms with Crippen molar-refractivity contribution in [1.82, 2.24) is 0 Å². The van der Waals surface area contributed by atoms with E-state index < -0.39 is 0 Å². The summed E-state index contributed by atoms with van der Waals surface area (Å²) in [7, 11) is 0. The largest absolute Gasteiger partial charge is 0.506 e. The average Bonchev–Trinajstić information content (AvgIpc) is 2.59. The van der Waals surface area contributed by atoms with Crippen molar-refractivity contribution in [3.05, 3.63) is 24.3 Å². The summed E-state index contributed by atoms with van der Waals surface area (Å²) in [5, 5.41) is 22.6. The molecule has 1 fully saturated rings. The van der Waals surface area contributed by atoms with Crippen LogP contribution in [0.15, 0.2) is 24.3 Å². The number of aromatic hydroxyl groups is 1. The Balaban J connectivity index is 0.000000277. The molecule has 1 saturated carbocycles. The number of benzene rings is 1. The molecular weight excluding hydrogens is 405 g/mol. The number of nitrogens with one attached hydrogen (secondary N) is 1. The van der Waals surface area contributed by atoms with Gasteiger partial charge in [-0.3, -0.25) is 0 Å². The summed E-state index contributed by atoms with van der Waals surface area (Å²) in [6.45, 7) is 4.58. The van der Waals surface area contributed by atoms with Crippen LogP contribution in [-0.4, -0.2) is 43.5 Å². The van der Waals surface area contributed by atoms with Crippen molar-refractivity contribution < 1.29 is 10.2 Å². The van der Waals surface area contributed by atoms with Crippen LogP contribution >= 0.6 is 0 Å². The Hall–Kier alpha value is -0.421. The zero-order valence-electron chi connectivity index (χ0n) is 15.4. The maximum atomic E-state index is 9.78. The number of phenols is 1. The molecule has 0 bridgehead atoms. The molecule has 0 spiro atoms. The molecule has 3 N–H and O–H groups in total. The smallest absolute Gasteiger partial charge is 0.138 e. The van der Waals surface area contributed by atoms with Crippen LogP contribution in [0.3, 0.4) is 0 Å². The molecule has 136 valence electrons. The number of phenolic OH excluding ortho intramolecular Hbond substituents is 1. The Morgan fingerprint density at radius 1 is 1.04 bits per heavy atom. The molecule has 1 aromatic carbocycles. The van der Waals surface area contributed by atoms with Crippen LogP contribution in [0.25, 0.3) is 0 Å². The molecule has 2 unspecified atom stereocenters. The van der Waals surface area contributed by atoms with Gasteiger partial charge in [-0.15, -0.1) is 0 Å². The van der Waals surface area contributed by atoms with Crippen LogP contribution in [0.2, 0.25) is 8.87 Å². The van der Waals surface area contributed by atoms with Gasteiger partial charge in [-0.25, -0.2) is 0 Å². The maximum absolute atomic E-state index is 9.78. The summed E-state index contributed by atoms with van der Waals surface area (Å²) in [5.41, 5.74) is 0.712. The molecule has 2 atom stereocenters. The SMILES string of the molecule is CCC[CH2][Sn][CH2]CCC.Oc1ccccc1NC1CCCCC1O. The zero-order chi connectivity index (χ0) is 17.6. The summed E-state index contributed by atoms with van der Waals surface area (Å²) in [4.78, 5) is 0. The van der Waals surface area contributed by atoms with Gasteiger partial charge in [0.05, 0.1) is 17.8 Å². The summed E-state index contributed by atoms with van der Waals surface area (Å²) < 4.78 is 3.25. The molecule has 2 rings (SSSR count). The number of unbranched alkanes of at least 4 members (excludes halogenated alkanes) is 2. The van der Waals surface area contributed by atoms with Crippen molar-refractivity contribution in [3.8, 4) is 5.75 Å². The number of para-hydroxylation sites is 2. The van der Waals surface area contributed by atoms with Gasteiger partial charge in [0.2, 0.25) is 0 Å². The molecular formula is C20H35NO2Sn. The van der Waals surface area contributed by atoms with Gasteiger partial charge in [-0.2, -0.15) is 0 Å². The molecule has 0 heterocycles. The number of rotatable bonds is 8. The molecule has 4 heteroatoms. The van der Waals surface area contributed by atoms with Crippen LogP contribution in [0.5, 0.6) is 5.75 Å². The van der Waals surface area contributed by atoms with Crippen LogP contribution in [0, 0.1) is 0 Å². The number of aliphatic hydroxyl groups is 1. The van der Waals surface area contributed by atoms with E-state index in [0.717, 1.165) is 25.7 Å². The van der Waals surface area contributed by atoms with Gasteiger partial charge in [-0.05, 0) is 25.0 Å². The van der Waals surface area contributed by atoms with E-state index in [1.54, 1.807) is 21.0 Å². The molecule has 1 aliphatic carbocycles. The maximum Gasteiger partial charge on any atom is 0.138 e. The quantitative estimate of drug-likeness (QED) is 0.295. The van der Waals surface area contributed by atoms with Gasteiger partial charge in [0.15, 0.2) is 0 Å². The number of hydrogen-bond donors (Lipinski definition) is 3. The van der Waals surface area contributed by atoms with E-state index in [2.05, 4.69) is 19.2 Å². The van der Waals surface area contributed by atoms with E-state index in [1.807, 2.05) is 12.1 Å². The Morgan fingerprint density at radius 2 is 1.67 bits per heavy atom. The monoisotopic (exact) mass is 441 g/mol. The predicted octanol–water partition coefficient (Wildman–Crippen LogP) is 5.24. The standard InChI is InChI=1S/C12H17NO2.2C4H9.Sn/c14-11-7-3-1-5-9(11)13-10-6-2-4-8-12(10)15;2*1-3-4-2;/h1,3,5,7,10,12-15H,2,4,6,8H2;2*1,3-4H2,2H3;. The van der Waals surface area contributed by atoms with Crippen molar-refractivity contribution in [1.29, 1.82) is 0 Å². The third-order valence-corrected chi connectivity index (χ3v) is 8.42. The molecule has 24 heavy (non-hydrogen) atoms. The van der Waals surface area contributed by atoms with Crippen molar-refractivity contribution in [2.75, 3.05) is 5.32 Å². The van der Waals surface area contributed by atoms with Gasteiger partial charge >= 0.3 is 69.5 Å². The van der Waals surface area contributed by atoms with Gasteiger partial charge in [0.1, 0.15) is 5.75 Å². The van der Waals surface area contributed by atoms with Crippen molar-refractivity contribution in [2.24, 2.45) is 0 Å². The number of anilines is 1. The van der Waals surface area contributed by atoms with Crippen LogP contribution < -0.4 is 5.32 Å². The average molecular weight is 440 g/mol. The first-order chi connectivity index (χ1) is 11.7. The summed E-state index contributed by atoms with van der Waals surface area (Å²) in [6, 6.07) is 7.22. The Kier molecular flexibility index (Phi) is 12.5. The second kappa shape index (κ2) is 13.8. The molecule has 0 aliphatic heterocycles. The summed E-state index contributed by atoms with van der Waals surface area (Å²) >= 11 is 0.149. The first-order valence-electron chi connectivity index (χ1n) is 9.62. The molecule has 3 nitrogen and oxygen atoms in total. The van der Waals surface area contributed by atoms with E-state index in [4.69, 9.17) is 0 Å². The van der Waals surface area contributed by atoms with Crippen LogP contribution in [0.1, 0.15) is 65.2 Å². The van der Waals surface area contributed by atoms with Gasteiger partial charge in [0.25, 0.3) is 0 Å². The van der Waals surface area contributed by atoms with Crippen molar-refractivity contribution in [3.63, 3.8) is 0 Å². The zero-order valence-corrected chi connectivity index (χ0v) is 18.3. The summed E-state index contributed by atoms with van der Waals surface area (Å²) in [5.74, 6) is 0.246. The molecule has 0 saturated heterocycles. The molecule has 2 radical (unpaired) electrons. The second-order valence-electron chi connectivity index (χ2n) is 6.58. The molecule has 1 aromatic rings. The Morgan fingerprint density at radius 3 is 2.25 bits per heavy atom. The minimum Gasteiger partial charge on any atom is -0.506 e. The molecule has 1 aliphatic rings. The van der Waals surface area contributed by atoms with Crippen LogP contribution in [0.4, 0.5) is 5.69 Å². The minimum absolute atomic E-state index is 0.0760. The van der Waals surface area contributed by atoms with Gasteiger partial charge in [-0.1, -0.05) is 25.0 Å². The minimum atomic E-state index is -0.293. The fourth-order valence-electron chi connectivity index (χ4n) is 2.80. The van der Waals surface area contributed by atoms with Crippen LogP contribution in [-0.2, 0) is 0 Å². The van der Waals surface area contributed by atoms with E-state index in [9.17, 15) is 10.2 Å². The van der Waals surface area contributed by atoms with Crippen molar-refractivity contribution >= 4 is 26.8 Å².